The van der Waals surface area contributed by atoms with Crippen molar-refractivity contribution in [2.24, 2.45) is 0 Å². The highest BCUT2D eigenvalue weighted by Gasteiger charge is 2.15. The fourth-order valence-corrected chi connectivity index (χ4v) is 5.21. The summed E-state index contributed by atoms with van der Waals surface area (Å²) in [5, 5.41) is 0. The molecule has 0 aromatic heterocycles. The Morgan fingerprint density at radius 1 is 0.767 bits per heavy atom. The molecule has 1 atom stereocenters. The van der Waals surface area contributed by atoms with E-state index in [2.05, 4.69) is 47.9 Å². The van der Waals surface area contributed by atoms with Crippen LogP contribution in [0, 0.1) is 0 Å². The maximum Gasteiger partial charge on any atom is 0.0891 e. The van der Waals surface area contributed by atoms with Crippen molar-refractivity contribution in [3.8, 4) is 0 Å². The molecule has 3 nitrogen and oxygen atoms in total. The van der Waals surface area contributed by atoms with Gasteiger partial charge in [-0.25, -0.2) is 0 Å². The summed E-state index contributed by atoms with van der Waals surface area (Å²) in [6.07, 6.45) is 27.7. The average Bonchev–Trinajstić information content (AvgIpc) is 3.16. The lowest BCUT2D eigenvalue weighted by Crippen LogP contribution is -2.33. The highest BCUT2D eigenvalue weighted by atomic mass is 32.2. The van der Waals surface area contributed by atoms with Crippen LogP contribution in [0.25, 0.3) is 0 Å². The van der Waals surface area contributed by atoms with Gasteiger partial charge in [-0.05, 0) is 12.2 Å². The molecule has 0 radical (unpaired) electrons. The molecule has 1 heterocycles. The van der Waals surface area contributed by atoms with Crippen LogP contribution in [0.5, 0.6) is 0 Å². The zero-order valence-corrected chi connectivity index (χ0v) is 21.4. The third-order valence-corrected chi connectivity index (χ3v) is 7.34. The first kappa shape index (κ1) is 27.7. The van der Waals surface area contributed by atoms with Crippen LogP contribution in [0.15, 0.2) is 12.4 Å². The topological polar surface area (TPSA) is 15.7 Å². The number of ether oxygens (including phenoxy) is 1. The van der Waals surface area contributed by atoms with Crippen molar-refractivity contribution < 1.29 is 4.74 Å². The first-order valence-electron chi connectivity index (χ1n) is 13.0. The standard InChI is InChI=1S/C26H52N2OS/c1-4-5-6-7-8-9-10-11-12-13-14-15-16-17-18-19-22-30-24-26(29-3)23-28-21-20-27(2)25-28/h20-21,26H,4-19,22-25H2,1-3H3. The average molecular weight is 441 g/mol. The van der Waals surface area contributed by atoms with Crippen molar-refractivity contribution in [1.82, 2.24) is 9.80 Å². The monoisotopic (exact) mass is 440 g/mol. The van der Waals surface area contributed by atoms with Gasteiger partial charge in [0.15, 0.2) is 0 Å². The predicted molar refractivity (Wildman–Crippen MR) is 136 cm³/mol. The van der Waals surface area contributed by atoms with Gasteiger partial charge in [-0.2, -0.15) is 11.8 Å². The minimum atomic E-state index is 0.340. The van der Waals surface area contributed by atoms with Crippen LogP contribution in [-0.2, 0) is 4.74 Å². The molecule has 0 aliphatic carbocycles. The molecule has 0 spiro atoms. The Kier molecular flexibility index (Phi) is 19.0. The van der Waals surface area contributed by atoms with Crippen molar-refractivity contribution >= 4 is 11.8 Å². The minimum Gasteiger partial charge on any atom is -0.379 e. The summed E-state index contributed by atoms with van der Waals surface area (Å²) in [7, 11) is 3.97. The highest BCUT2D eigenvalue weighted by molar-refractivity contribution is 7.99. The van der Waals surface area contributed by atoms with Gasteiger partial charge in [0.1, 0.15) is 0 Å². The van der Waals surface area contributed by atoms with E-state index in [4.69, 9.17) is 4.74 Å². The first-order chi connectivity index (χ1) is 14.8. The van der Waals surface area contributed by atoms with Gasteiger partial charge in [0.05, 0.1) is 12.8 Å². The maximum absolute atomic E-state index is 5.67. The van der Waals surface area contributed by atoms with E-state index in [9.17, 15) is 0 Å². The van der Waals surface area contributed by atoms with Crippen LogP contribution >= 0.6 is 11.8 Å². The summed E-state index contributed by atoms with van der Waals surface area (Å²) in [6.45, 7) is 4.29. The van der Waals surface area contributed by atoms with Crippen molar-refractivity contribution in [2.75, 3.05) is 38.9 Å². The molecule has 1 unspecified atom stereocenters. The van der Waals surface area contributed by atoms with E-state index in [1.54, 1.807) is 0 Å². The number of nitrogens with zero attached hydrogens (tertiary/aromatic N) is 2. The zero-order valence-electron chi connectivity index (χ0n) is 20.6. The van der Waals surface area contributed by atoms with E-state index < -0.39 is 0 Å². The lowest BCUT2D eigenvalue weighted by Gasteiger charge is -2.23. The lowest BCUT2D eigenvalue weighted by atomic mass is 10.0. The number of hydrogen-bond donors (Lipinski definition) is 0. The van der Waals surface area contributed by atoms with Gasteiger partial charge >= 0.3 is 0 Å². The quantitative estimate of drug-likeness (QED) is 0.160. The van der Waals surface area contributed by atoms with Crippen LogP contribution in [0.2, 0.25) is 0 Å². The Morgan fingerprint density at radius 2 is 1.27 bits per heavy atom. The summed E-state index contributed by atoms with van der Waals surface area (Å²) in [4.78, 5) is 4.54. The number of thioether (sulfide) groups is 1. The molecule has 4 heteroatoms. The van der Waals surface area contributed by atoms with E-state index >= 15 is 0 Å². The summed E-state index contributed by atoms with van der Waals surface area (Å²) in [5.74, 6) is 2.40. The Labute approximate surface area is 193 Å². The van der Waals surface area contributed by atoms with Crippen molar-refractivity contribution in [3.63, 3.8) is 0 Å². The van der Waals surface area contributed by atoms with E-state index in [0.717, 1.165) is 19.0 Å². The number of rotatable bonds is 22. The second-order valence-corrected chi connectivity index (χ2v) is 10.4. The molecule has 0 fully saturated rings. The molecule has 0 N–H and O–H groups in total. The van der Waals surface area contributed by atoms with E-state index in [1.807, 2.05) is 7.11 Å². The molecule has 0 saturated carbocycles. The molecule has 1 aliphatic rings. The molecule has 0 saturated heterocycles. The molecule has 1 aliphatic heterocycles. The van der Waals surface area contributed by atoms with Gasteiger partial charge in [0.2, 0.25) is 0 Å². The van der Waals surface area contributed by atoms with E-state index in [0.29, 0.717) is 6.10 Å². The largest absolute Gasteiger partial charge is 0.379 e. The SMILES string of the molecule is CCCCCCCCCCCCCCCCCCSCC(CN1C=CN(C)C1)OC. The van der Waals surface area contributed by atoms with Gasteiger partial charge in [0, 0.05) is 38.9 Å². The zero-order chi connectivity index (χ0) is 21.7. The van der Waals surface area contributed by atoms with Crippen LogP contribution in [0.1, 0.15) is 110 Å². The smallest absolute Gasteiger partial charge is 0.0891 e. The van der Waals surface area contributed by atoms with Gasteiger partial charge in [0.25, 0.3) is 0 Å². The lowest BCUT2D eigenvalue weighted by molar-refractivity contribution is 0.0907. The second-order valence-electron chi connectivity index (χ2n) is 9.20. The van der Waals surface area contributed by atoms with E-state index in [1.165, 1.54) is 108 Å². The van der Waals surface area contributed by atoms with Crippen LogP contribution in [0.3, 0.4) is 0 Å². The summed E-state index contributed by atoms with van der Waals surface area (Å²) < 4.78 is 5.67. The second kappa shape index (κ2) is 20.5. The summed E-state index contributed by atoms with van der Waals surface area (Å²) in [6, 6.07) is 0. The number of unbranched alkanes of at least 4 members (excludes halogenated alkanes) is 15. The molecule has 0 aromatic carbocycles. The Hall–Kier alpha value is -0.350. The first-order valence-corrected chi connectivity index (χ1v) is 14.1. The molecular formula is C26H52N2OS. The van der Waals surface area contributed by atoms with Gasteiger partial charge in [-0.1, -0.05) is 103 Å². The highest BCUT2D eigenvalue weighted by Crippen LogP contribution is 2.16. The van der Waals surface area contributed by atoms with Crippen LogP contribution in [0.4, 0.5) is 0 Å². The van der Waals surface area contributed by atoms with E-state index in [-0.39, 0.29) is 0 Å². The van der Waals surface area contributed by atoms with Crippen LogP contribution in [-0.4, -0.2) is 54.8 Å². The van der Waals surface area contributed by atoms with Crippen molar-refractivity contribution in [3.05, 3.63) is 12.4 Å². The summed E-state index contributed by atoms with van der Waals surface area (Å²) >= 11 is 2.07. The normalized spacial score (nSPS) is 14.8. The Morgan fingerprint density at radius 3 is 1.70 bits per heavy atom. The van der Waals surface area contributed by atoms with Crippen molar-refractivity contribution in [2.45, 2.75) is 116 Å². The Bertz CT molecular complexity index is 391. The molecular weight excluding hydrogens is 388 g/mol. The molecule has 30 heavy (non-hydrogen) atoms. The fourth-order valence-electron chi connectivity index (χ4n) is 4.13. The number of methoxy groups -OCH3 is 1. The molecule has 0 aromatic rings. The van der Waals surface area contributed by atoms with Gasteiger partial charge in [-0.3, -0.25) is 0 Å². The minimum absolute atomic E-state index is 0.340. The third kappa shape index (κ3) is 16.4. The molecule has 0 amide bonds. The summed E-state index contributed by atoms with van der Waals surface area (Å²) in [5.41, 5.74) is 0. The molecule has 1 rings (SSSR count). The van der Waals surface area contributed by atoms with Crippen molar-refractivity contribution in [1.29, 1.82) is 0 Å². The Balaban J connectivity index is 1.75. The predicted octanol–water partition coefficient (Wildman–Crippen LogP) is 7.67. The van der Waals surface area contributed by atoms with Gasteiger partial charge < -0.3 is 14.5 Å². The van der Waals surface area contributed by atoms with Gasteiger partial charge in [-0.15, -0.1) is 0 Å². The maximum atomic E-state index is 5.67. The van der Waals surface area contributed by atoms with Crippen LogP contribution < -0.4 is 0 Å². The number of hydrogen-bond acceptors (Lipinski definition) is 4. The molecule has 178 valence electrons. The fraction of sp³-hybridized carbons (Fsp3) is 0.923. The third-order valence-electron chi connectivity index (χ3n) is 6.15. The molecule has 0 bridgehead atoms.